The van der Waals surface area contributed by atoms with Gasteiger partial charge < -0.3 is 10.1 Å². The van der Waals surface area contributed by atoms with Crippen molar-refractivity contribution in [2.75, 3.05) is 11.9 Å². The van der Waals surface area contributed by atoms with Crippen molar-refractivity contribution in [3.63, 3.8) is 0 Å². The molecule has 2 aromatic rings. The molecular formula is C16H21N3O. The van der Waals surface area contributed by atoms with E-state index < -0.39 is 0 Å². The normalized spacial score (nSPS) is 10.4. The van der Waals surface area contributed by atoms with Gasteiger partial charge in [-0.25, -0.2) is 4.98 Å². The molecule has 1 aromatic heterocycles. The molecule has 0 saturated heterocycles. The molecule has 0 spiro atoms. The van der Waals surface area contributed by atoms with Gasteiger partial charge in [0, 0.05) is 19.0 Å². The van der Waals surface area contributed by atoms with Crippen LogP contribution in [0.3, 0.4) is 0 Å². The smallest absolute Gasteiger partial charge is 0.224 e. The molecular weight excluding hydrogens is 250 g/mol. The number of hydrogen-bond donors (Lipinski definition) is 1. The first-order valence-electron chi connectivity index (χ1n) is 6.99. The Balaban J connectivity index is 2.29. The summed E-state index contributed by atoms with van der Waals surface area (Å²) in [5.41, 5.74) is 2.33. The van der Waals surface area contributed by atoms with E-state index in [4.69, 9.17) is 4.74 Å². The topological polar surface area (TPSA) is 47.0 Å². The highest BCUT2D eigenvalue weighted by molar-refractivity contribution is 5.42. The molecule has 2 rings (SSSR count). The molecule has 1 N–H and O–H groups in total. The van der Waals surface area contributed by atoms with Gasteiger partial charge >= 0.3 is 0 Å². The summed E-state index contributed by atoms with van der Waals surface area (Å²) >= 11 is 0. The zero-order chi connectivity index (χ0) is 14.5. The van der Waals surface area contributed by atoms with Crippen LogP contribution in [0.5, 0.6) is 11.6 Å². The summed E-state index contributed by atoms with van der Waals surface area (Å²) in [5, 5.41) is 3.20. The number of aryl methyl sites for hydroxylation is 3. The zero-order valence-electron chi connectivity index (χ0n) is 12.5. The van der Waals surface area contributed by atoms with Crippen LogP contribution in [0, 0.1) is 13.8 Å². The second-order valence-electron chi connectivity index (χ2n) is 4.76. The maximum Gasteiger partial charge on any atom is 0.224 e. The van der Waals surface area contributed by atoms with Crippen molar-refractivity contribution in [3.8, 4) is 11.6 Å². The van der Waals surface area contributed by atoms with Gasteiger partial charge in [-0.15, -0.1) is 0 Å². The number of ether oxygens (including phenoxy) is 1. The van der Waals surface area contributed by atoms with E-state index >= 15 is 0 Å². The summed E-state index contributed by atoms with van der Waals surface area (Å²) in [4.78, 5) is 8.84. The first-order valence-corrected chi connectivity index (χ1v) is 6.99. The second kappa shape index (κ2) is 6.37. The van der Waals surface area contributed by atoms with Crippen molar-refractivity contribution in [2.24, 2.45) is 0 Å². The zero-order valence-corrected chi connectivity index (χ0v) is 12.5. The van der Waals surface area contributed by atoms with Gasteiger partial charge in [-0.1, -0.05) is 24.6 Å². The van der Waals surface area contributed by atoms with Crippen molar-refractivity contribution < 1.29 is 4.74 Å². The highest BCUT2D eigenvalue weighted by Crippen LogP contribution is 2.25. The van der Waals surface area contributed by atoms with Crippen LogP contribution in [-0.4, -0.2) is 16.5 Å². The van der Waals surface area contributed by atoms with Crippen molar-refractivity contribution in [3.05, 3.63) is 41.2 Å². The Morgan fingerprint density at radius 3 is 2.55 bits per heavy atom. The fraction of sp³-hybridized carbons (Fsp3) is 0.375. The molecule has 4 nitrogen and oxygen atoms in total. The molecule has 0 aliphatic rings. The van der Waals surface area contributed by atoms with E-state index in [0.717, 1.165) is 35.9 Å². The van der Waals surface area contributed by atoms with Crippen LogP contribution < -0.4 is 10.1 Å². The number of hydrogen-bond acceptors (Lipinski definition) is 4. The quantitative estimate of drug-likeness (QED) is 0.896. The molecule has 0 aliphatic carbocycles. The Morgan fingerprint density at radius 2 is 1.90 bits per heavy atom. The van der Waals surface area contributed by atoms with Crippen molar-refractivity contribution >= 4 is 5.82 Å². The number of nitrogens with zero attached hydrogens (tertiary/aromatic N) is 2. The summed E-state index contributed by atoms with van der Waals surface area (Å²) in [6, 6.07) is 7.95. The summed E-state index contributed by atoms with van der Waals surface area (Å²) in [5.74, 6) is 3.00. The minimum Gasteiger partial charge on any atom is -0.439 e. The summed E-state index contributed by atoms with van der Waals surface area (Å²) < 4.78 is 5.90. The Labute approximate surface area is 120 Å². The molecule has 4 heteroatoms. The number of benzene rings is 1. The van der Waals surface area contributed by atoms with Gasteiger partial charge in [0.2, 0.25) is 5.88 Å². The Kier molecular flexibility index (Phi) is 4.56. The molecule has 1 aromatic carbocycles. The first kappa shape index (κ1) is 14.3. The SMILES string of the molecule is CCNc1cc(Oc2ccc(C)cc2C)nc(CC)n1. The summed E-state index contributed by atoms with van der Waals surface area (Å²) in [6.45, 7) is 9.00. The van der Waals surface area contributed by atoms with E-state index in [1.54, 1.807) is 0 Å². The third-order valence-corrected chi connectivity index (χ3v) is 2.97. The van der Waals surface area contributed by atoms with E-state index in [2.05, 4.69) is 28.3 Å². The average Bonchev–Trinajstić information content (AvgIpc) is 2.42. The van der Waals surface area contributed by atoms with Gasteiger partial charge in [0.05, 0.1) is 0 Å². The molecule has 0 unspecified atom stereocenters. The lowest BCUT2D eigenvalue weighted by molar-refractivity contribution is 0.455. The maximum absolute atomic E-state index is 5.90. The highest BCUT2D eigenvalue weighted by Gasteiger charge is 2.07. The molecule has 0 radical (unpaired) electrons. The second-order valence-corrected chi connectivity index (χ2v) is 4.76. The largest absolute Gasteiger partial charge is 0.439 e. The lowest BCUT2D eigenvalue weighted by atomic mass is 10.1. The number of nitrogens with one attached hydrogen (secondary N) is 1. The summed E-state index contributed by atoms with van der Waals surface area (Å²) in [7, 11) is 0. The van der Waals surface area contributed by atoms with Gasteiger partial charge in [-0.3, -0.25) is 0 Å². The molecule has 0 fully saturated rings. The molecule has 0 amide bonds. The van der Waals surface area contributed by atoms with E-state index in [-0.39, 0.29) is 0 Å². The Morgan fingerprint density at radius 1 is 1.10 bits per heavy atom. The minimum atomic E-state index is 0.583. The predicted octanol–water partition coefficient (Wildman–Crippen LogP) is 3.88. The monoisotopic (exact) mass is 271 g/mol. The molecule has 0 aliphatic heterocycles. The van der Waals surface area contributed by atoms with Crippen LogP contribution in [0.2, 0.25) is 0 Å². The molecule has 1 heterocycles. The average molecular weight is 271 g/mol. The van der Waals surface area contributed by atoms with Crippen LogP contribution in [0.1, 0.15) is 30.8 Å². The lowest BCUT2D eigenvalue weighted by Gasteiger charge is -2.11. The molecule has 0 bridgehead atoms. The standard InChI is InChI=1S/C16H21N3O/c1-5-14-18-15(17-6-2)10-16(19-14)20-13-8-7-11(3)9-12(13)4/h7-10H,5-6H2,1-4H3,(H,17,18,19). The van der Waals surface area contributed by atoms with Crippen molar-refractivity contribution in [1.82, 2.24) is 9.97 Å². The van der Waals surface area contributed by atoms with Gasteiger partial charge in [0.25, 0.3) is 0 Å². The van der Waals surface area contributed by atoms with E-state index in [9.17, 15) is 0 Å². The number of rotatable bonds is 5. The fourth-order valence-corrected chi connectivity index (χ4v) is 1.98. The predicted molar refractivity (Wildman–Crippen MR) is 81.6 cm³/mol. The van der Waals surface area contributed by atoms with Crippen molar-refractivity contribution in [1.29, 1.82) is 0 Å². The third kappa shape index (κ3) is 3.47. The first-order chi connectivity index (χ1) is 9.62. The number of anilines is 1. The maximum atomic E-state index is 5.90. The molecule has 0 atom stereocenters. The van der Waals surface area contributed by atoms with Crippen LogP contribution in [-0.2, 0) is 6.42 Å². The fourth-order valence-electron chi connectivity index (χ4n) is 1.98. The lowest BCUT2D eigenvalue weighted by Crippen LogP contribution is -2.04. The van der Waals surface area contributed by atoms with Crippen molar-refractivity contribution in [2.45, 2.75) is 34.1 Å². The minimum absolute atomic E-state index is 0.583. The molecule has 106 valence electrons. The Bertz CT molecular complexity index is 596. The van der Waals surface area contributed by atoms with E-state index in [1.165, 1.54) is 5.56 Å². The number of aromatic nitrogens is 2. The Hall–Kier alpha value is -2.10. The molecule has 0 saturated carbocycles. The highest BCUT2D eigenvalue weighted by atomic mass is 16.5. The van der Waals surface area contributed by atoms with Gasteiger partial charge in [0.1, 0.15) is 17.4 Å². The van der Waals surface area contributed by atoms with Crippen LogP contribution >= 0.6 is 0 Å². The van der Waals surface area contributed by atoms with Gasteiger partial charge in [-0.2, -0.15) is 4.98 Å². The third-order valence-electron chi connectivity index (χ3n) is 2.97. The molecule has 20 heavy (non-hydrogen) atoms. The summed E-state index contributed by atoms with van der Waals surface area (Å²) in [6.07, 6.45) is 0.780. The van der Waals surface area contributed by atoms with E-state index in [0.29, 0.717) is 5.88 Å². The van der Waals surface area contributed by atoms with Crippen LogP contribution in [0.15, 0.2) is 24.3 Å². The van der Waals surface area contributed by atoms with Gasteiger partial charge in [0.15, 0.2) is 0 Å². The van der Waals surface area contributed by atoms with Gasteiger partial charge in [-0.05, 0) is 32.4 Å². The van der Waals surface area contributed by atoms with Crippen LogP contribution in [0.4, 0.5) is 5.82 Å². The van der Waals surface area contributed by atoms with Crippen LogP contribution in [0.25, 0.3) is 0 Å². The van der Waals surface area contributed by atoms with E-state index in [1.807, 2.05) is 39.0 Å².